The molecule has 2 aromatic rings. The van der Waals surface area contributed by atoms with Crippen molar-refractivity contribution in [3.8, 4) is 11.5 Å². The summed E-state index contributed by atoms with van der Waals surface area (Å²) >= 11 is 0. The summed E-state index contributed by atoms with van der Waals surface area (Å²) in [5, 5.41) is 8.89. The van der Waals surface area contributed by atoms with Crippen LogP contribution in [0.4, 0.5) is 0 Å². The van der Waals surface area contributed by atoms with Crippen molar-refractivity contribution in [3.05, 3.63) is 59.7 Å². The van der Waals surface area contributed by atoms with Gasteiger partial charge in [0.25, 0.3) is 0 Å². The van der Waals surface area contributed by atoms with E-state index in [1.165, 1.54) is 7.11 Å². The van der Waals surface area contributed by atoms with Gasteiger partial charge in [-0.15, -0.1) is 0 Å². The maximum Gasteiger partial charge on any atom is 0.307 e. The Hall–Kier alpha value is -2.49. The molecule has 0 fully saturated rings. The second kappa shape index (κ2) is 6.61. The standard InChI is InChI=1S/C16H16O4/c1-19-15-8-7-14(9-13(15)10-16(17)18)20-11-12-5-3-2-4-6-12/h2-9H,10-11H2,1H3,(H,17,18). The van der Waals surface area contributed by atoms with Gasteiger partial charge in [0.1, 0.15) is 18.1 Å². The van der Waals surface area contributed by atoms with E-state index in [1.807, 2.05) is 30.3 Å². The molecule has 0 aliphatic heterocycles. The minimum atomic E-state index is -0.900. The number of rotatable bonds is 6. The van der Waals surface area contributed by atoms with Crippen molar-refractivity contribution in [3.63, 3.8) is 0 Å². The van der Waals surface area contributed by atoms with E-state index in [-0.39, 0.29) is 6.42 Å². The Morgan fingerprint density at radius 3 is 2.55 bits per heavy atom. The van der Waals surface area contributed by atoms with Crippen LogP contribution in [-0.2, 0) is 17.8 Å². The highest BCUT2D eigenvalue weighted by Gasteiger charge is 2.09. The molecule has 0 spiro atoms. The van der Waals surface area contributed by atoms with Crippen LogP contribution in [-0.4, -0.2) is 18.2 Å². The van der Waals surface area contributed by atoms with Gasteiger partial charge in [-0.3, -0.25) is 4.79 Å². The molecule has 0 aliphatic carbocycles. The Morgan fingerprint density at radius 1 is 1.15 bits per heavy atom. The summed E-state index contributed by atoms with van der Waals surface area (Å²) in [5.74, 6) is 0.286. The smallest absolute Gasteiger partial charge is 0.307 e. The van der Waals surface area contributed by atoms with Crippen molar-refractivity contribution in [2.24, 2.45) is 0 Å². The quantitative estimate of drug-likeness (QED) is 0.878. The van der Waals surface area contributed by atoms with Gasteiger partial charge in [0, 0.05) is 5.56 Å². The van der Waals surface area contributed by atoms with Crippen LogP contribution < -0.4 is 9.47 Å². The molecule has 0 saturated heterocycles. The molecule has 0 saturated carbocycles. The number of hydrogen-bond acceptors (Lipinski definition) is 3. The molecule has 0 atom stereocenters. The molecular weight excluding hydrogens is 256 g/mol. The largest absolute Gasteiger partial charge is 0.496 e. The molecular formula is C16H16O4. The third-order valence-corrected chi connectivity index (χ3v) is 2.84. The summed E-state index contributed by atoms with van der Waals surface area (Å²) in [6.45, 7) is 0.444. The van der Waals surface area contributed by atoms with Gasteiger partial charge in [0.05, 0.1) is 13.5 Å². The summed E-state index contributed by atoms with van der Waals surface area (Å²) in [6.07, 6.45) is -0.0916. The van der Waals surface area contributed by atoms with Gasteiger partial charge in [0.15, 0.2) is 0 Å². The minimum absolute atomic E-state index is 0.0916. The van der Waals surface area contributed by atoms with Crippen molar-refractivity contribution in [1.82, 2.24) is 0 Å². The zero-order valence-electron chi connectivity index (χ0n) is 11.2. The van der Waals surface area contributed by atoms with E-state index in [1.54, 1.807) is 18.2 Å². The highest BCUT2D eigenvalue weighted by atomic mass is 16.5. The van der Waals surface area contributed by atoms with Crippen LogP contribution in [0.3, 0.4) is 0 Å². The Bertz CT molecular complexity index is 578. The van der Waals surface area contributed by atoms with E-state index >= 15 is 0 Å². The first-order chi connectivity index (χ1) is 9.69. The van der Waals surface area contributed by atoms with E-state index in [0.29, 0.717) is 23.7 Å². The number of benzene rings is 2. The molecule has 0 heterocycles. The highest BCUT2D eigenvalue weighted by Crippen LogP contribution is 2.25. The number of hydrogen-bond donors (Lipinski definition) is 1. The van der Waals surface area contributed by atoms with Gasteiger partial charge in [-0.2, -0.15) is 0 Å². The molecule has 1 N–H and O–H groups in total. The third-order valence-electron chi connectivity index (χ3n) is 2.84. The predicted octanol–water partition coefficient (Wildman–Crippen LogP) is 2.90. The molecule has 104 valence electrons. The SMILES string of the molecule is COc1ccc(OCc2ccccc2)cc1CC(=O)O. The van der Waals surface area contributed by atoms with E-state index in [4.69, 9.17) is 14.6 Å². The van der Waals surface area contributed by atoms with Crippen molar-refractivity contribution < 1.29 is 19.4 Å². The van der Waals surface area contributed by atoms with Crippen LogP contribution >= 0.6 is 0 Å². The lowest BCUT2D eigenvalue weighted by Gasteiger charge is -2.11. The first-order valence-corrected chi connectivity index (χ1v) is 6.24. The summed E-state index contributed by atoms with van der Waals surface area (Å²) in [6, 6.07) is 15.0. The van der Waals surface area contributed by atoms with Crippen molar-refractivity contribution in [1.29, 1.82) is 0 Å². The minimum Gasteiger partial charge on any atom is -0.496 e. The predicted molar refractivity (Wildman–Crippen MR) is 75.1 cm³/mol. The van der Waals surface area contributed by atoms with E-state index < -0.39 is 5.97 Å². The monoisotopic (exact) mass is 272 g/mol. The molecule has 0 aromatic heterocycles. The van der Waals surface area contributed by atoms with Crippen LogP contribution in [0.5, 0.6) is 11.5 Å². The van der Waals surface area contributed by atoms with Gasteiger partial charge in [-0.25, -0.2) is 0 Å². The van der Waals surface area contributed by atoms with E-state index in [2.05, 4.69) is 0 Å². The second-order valence-electron chi connectivity index (χ2n) is 4.32. The highest BCUT2D eigenvalue weighted by molar-refractivity contribution is 5.71. The number of methoxy groups -OCH3 is 1. The number of carbonyl (C=O) groups is 1. The van der Waals surface area contributed by atoms with Crippen LogP contribution in [0, 0.1) is 0 Å². The molecule has 4 nitrogen and oxygen atoms in total. The van der Waals surface area contributed by atoms with Gasteiger partial charge in [0.2, 0.25) is 0 Å². The van der Waals surface area contributed by atoms with Gasteiger partial charge in [-0.1, -0.05) is 30.3 Å². The lowest BCUT2D eigenvalue weighted by atomic mass is 10.1. The molecule has 0 bridgehead atoms. The van der Waals surface area contributed by atoms with Gasteiger partial charge in [-0.05, 0) is 23.8 Å². The second-order valence-corrected chi connectivity index (χ2v) is 4.32. The first kappa shape index (κ1) is 13.9. The third kappa shape index (κ3) is 3.75. The number of ether oxygens (including phenoxy) is 2. The van der Waals surface area contributed by atoms with Crippen molar-refractivity contribution in [2.75, 3.05) is 7.11 Å². The number of carboxylic acids is 1. The van der Waals surface area contributed by atoms with Crippen molar-refractivity contribution in [2.45, 2.75) is 13.0 Å². The number of carboxylic acid groups (broad SMARTS) is 1. The van der Waals surface area contributed by atoms with Gasteiger partial charge >= 0.3 is 5.97 Å². The molecule has 0 radical (unpaired) electrons. The Morgan fingerprint density at radius 2 is 1.90 bits per heavy atom. The first-order valence-electron chi connectivity index (χ1n) is 6.24. The summed E-state index contributed by atoms with van der Waals surface area (Å²) in [4.78, 5) is 10.8. The van der Waals surface area contributed by atoms with Crippen LogP contribution in [0.2, 0.25) is 0 Å². The Labute approximate surface area is 117 Å². The van der Waals surface area contributed by atoms with Crippen molar-refractivity contribution >= 4 is 5.97 Å². The van der Waals surface area contributed by atoms with Gasteiger partial charge < -0.3 is 14.6 Å². The molecule has 2 rings (SSSR count). The van der Waals surface area contributed by atoms with Crippen LogP contribution in [0.25, 0.3) is 0 Å². The zero-order valence-corrected chi connectivity index (χ0v) is 11.2. The fourth-order valence-corrected chi connectivity index (χ4v) is 1.89. The number of aliphatic carboxylic acids is 1. The maximum atomic E-state index is 10.8. The average molecular weight is 272 g/mol. The van der Waals surface area contributed by atoms with E-state index in [9.17, 15) is 4.79 Å². The summed E-state index contributed by atoms with van der Waals surface area (Å²) in [7, 11) is 1.52. The average Bonchev–Trinajstić information content (AvgIpc) is 2.46. The maximum absolute atomic E-state index is 10.8. The fraction of sp³-hybridized carbons (Fsp3) is 0.188. The molecule has 4 heteroatoms. The zero-order chi connectivity index (χ0) is 14.4. The molecule has 0 aliphatic rings. The normalized spacial score (nSPS) is 10.1. The lowest BCUT2D eigenvalue weighted by molar-refractivity contribution is -0.136. The Kier molecular flexibility index (Phi) is 4.60. The van der Waals surface area contributed by atoms with Crippen LogP contribution in [0.1, 0.15) is 11.1 Å². The fourth-order valence-electron chi connectivity index (χ4n) is 1.89. The molecule has 2 aromatic carbocycles. The van der Waals surface area contributed by atoms with E-state index in [0.717, 1.165) is 5.56 Å². The molecule has 0 amide bonds. The lowest BCUT2D eigenvalue weighted by Crippen LogP contribution is -2.03. The topological polar surface area (TPSA) is 55.8 Å². The van der Waals surface area contributed by atoms with Crippen LogP contribution in [0.15, 0.2) is 48.5 Å². The summed E-state index contributed by atoms with van der Waals surface area (Å²) in [5.41, 5.74) is 1.66. The Balaban J connectivity index is 2.10. The molecule has 0 unspecified atom stereocenters. The summed E-state index contributed by atoms with van der Waals surface area (Å²) < 4.78 is 10.8. The molecule has 20 heavy (non-hydrogen) atoms.